The quantitative estimate of drug-likeness (QED) is 0.683. The average Bonchev–Trinajstić information content (AvgIpc) is 2.38. The molecule has 0 radical (unpaired) electrons. The number of carbonyl (C=O) groups is 1. The van der Waals surface area contributed by atoms with Crippen molar-refractivity contribution in [3.8, 4) is 0 Å². The predicted octanol–water partition coefficient (Wildman–Crippen LogP) is 1.98. The Balaban J connectivity index is 1.80. The molecule has 0 bridgehead atoms. The van der Waals surface area contributed by atoms with Crippen LogP contribution in [0.15, 0.2) is 0 Å². The van der Waals surface area contributed by atoms with Gasteiger partial charge in [-0.05, 0) is 31.1 Å². The van der Waals surface area contributed by atoms with Gasteiger partial charge in [-0.1, -0.05) is 13.8 Å². The summed E-state index contributed by atoms with van der Waals surface area (Å²) in [6.07, 6.45) is 4.74. The first-order valence-corrected chi connectivity index (χ1v) is 5.62. The van der Waals surface area contributed by atoms with Crippen LogP contribution in [0.5, 0.6) is 0 Å². The summed E-state index contributed by atoms with van der Waals surface area (Å²) >= 11 is 0. The summed E-state index contributed by atoms with van der Waals surface area (Å²) in [7, 11) is 0. The molecule has 0 spiro atoms. The van der Waals surface area contributed by atoms with Gasteiger partial charge < -0.3 is 10.2 Å². The molecule has 0 aromatic carbocycles. The highest BCUT2D eigenvalue weighted by atomic mass is 16.2. The third-order valence-corrected chi connectivity index (χ3v) is 3.40. The molecule has 1 saturated heterocycles. The molecule has 0 aromatic rings. The van der Waals surface area contributed by atoms with Crippen molar-refractivity contribution in [3.05, 3.63) is 0 Å². The zero-order valence-electron chi connectivity index (χ0n) is 9.18. The van der Waals surface area contributed by atoms with Crippen LogP contribution in [0.3, 0.4) is 0 Å². The highest BCUT2D eigenvalue weighted by molar-refractivity contribution is 5.75. The molecule has 0 atom stereocenters. The van der Waals surface area contributed by atoms with Gasteiger partial charge in [0.15, 0.2) is 0 Å². The molecule has 0 unspecified atom stereocenters. The minimum absolute atomic E-state index is 0.153. The van der Waals surface area contributed by atoms with Crippen molar-refractivity contribution in [2.75, 3.05) is 13.1 Å². The van der Waals surface area contributed by atoms with Crippen LogP contribution in [0.1, 0.15) is 39.5 Å². The first-order valence-electron chi connectivity index (χ1n) is 5.62. The van der Waals surface area contributed by atoms with E-state index in [4.69, 9.17) is 0 Å². The van der Waals surface area contributed by atoms with Gasteiger partial charge in [0.05, 0.1) is 0 Å². The summed E-state index contributed by atoms with van der Waals surface area (Å²) < 4.78 is 0. The molecule has 2 amide bonds. The van der Waals surface area contributed by atoms with E-state index in [1.54, 1.807) is 0 Å². The third-order valence-electron chi connectivity index (χ3n) is 3.40. The van der Waals surface area contributed by atoms with Crippen molar-refractivity contribution in [1.82, 2.24) is 10.2 Å². The number of rotatable bonds is 1. The van der Waals surface area contributed by atoms with E-state index < -0.39 is 0 Å². The summed E-state index contributed by atoms with van der Waals surface area (Å²) in [6.45, 7) is 6.28. The largest absolute Gasteiger partial charge is 0.335 e. The van der Waals surface area contributed by atoms with E-state index in [1.165, 1.54) is 19.3 Å². The van der Waals surface area contributed by atoms with Crippen LogP contribution in [-0.2, 0) is 0 Å². The number of nitrogens with one attached hydrogen (secondary N) is 1. The van der Waals surface area contributed by atoms with Crippen LogP contribution in [-0.4, -0.2) is 30.1 Å². The van der Waals surface area contributed by atoms with Crippen molar-refractivity contribution < 1.29 is 4.79 Å². The molecule has 3 nitrogen and oxygen atoms in total. The van der Waals surface area contributed by atoms with Crippen LogP contribution in [0.25, 0.3) is 0 Å². The number of nitrogens with zero attached hydrogens (tertiary/aromatic N) is 1. The second-order valence-corrected chi connectivity index (χ2v) is 5.41. The first kappa shape index (κ1) is 9.81. The lowest BCUT2D eigenvalue weighted by Gasteiger charge is -2.29. The van der Waals surface area contributed by atoms with Gasteiger partial charge in [0.1, 0.15) is 0 Å². The number of carbonyl (C=O) groups excluding carboxylic acids is 1. The molecule has 1 aliphatic heterocycles. The minimum atomic E-state index is 0.153. The zero-order chi connectivity index (χ0) is 10.2. The smallest absolute Gasteiger partial charge is 0.317 e. The second kappa shape index (κ2) is 3.44. The minimum Gasteiger partial charge on any atom is -0.335 e. The molecule has 1 heterocycles. The standard InChI is InChI=1S/C11H20N2O/c1-11(2)6-7-13(8-11)10(14)12-9-4-3-5-9/h9H,3-8H2,1-2H3,(H,12,14). The van der Waals surface area contributed by atoms with E-state index >= 15 is 0 Å². The average molecular weight is 196 g/mol. The summed E-state index contributed by atoms with van der Waals surface area (Å²) in [4.78, 5) is 13.7. The van der Waals surface area contributed by atoms with E-state index in [0.29, 0.717) is 11.5 Å². The summed E-state index contributed by atoms with van der Waals surface area (Å²) in [5, 5.41) is 3.08. The van der Waals surface area contributed by atoms with E-state index in [2.05, 4.69) is 19.2 Å². The van der Waals surface area contributed by atoms with Crippen LogP contribution in [0.4, 0.5) is 4.79 Å². The molecular formula is C11H20N2O. The molecule has 1 aliphatic carbocycles. The number of urea groups is 1. The fraction of sp³-hybridized carbons (Fsp3) is 0.909. The molecule has 3 heteroatoms. The summed E-state index contributed by atoms with van der Waals surface area (Å²) in [6, 6.07) is 0.617. The van der Waals surface area contributed by atoms with Crippen LogP contribution >= 0.6 is 0 Å². The number of hydrogen-bond acceptors (Lipinski definition) is 1. The summed E-state index contributed by atoms with van der Waals surface area (Å²) in [5.74, 6) is 0. The lowest BCUT2D eigenvalue weighted by atomic mass is 9.93. The van der Waals surface area contributed by atoms with Gasteiger partial charge in [0, 0.05) is 19.1 Å². The maximum Gasteiger partial charge on any atom is 0.317 e. The Morgan fingerprint density at radius 1 is 1.43 bits per heavy atom. The Labute approximate surface area is 85.8 Å². The molecule has 14 heavy (non-hydrogen) atoms. The van der Waals surface area contributed by atoms with Crippen LogP contribution < -0.4 is 5.32 Å². The third kappa shape index (κ3) is 2.02. The van der Waals surface area contributed by atoms with Gasteiger partial charge in [0.25, 0.3) is 0 Å². The van der Waals surface area contributed by atoms with Gasteiger partial charge in [0.2, 0.25) is 0 Å². The molecule has 2 fully saturated rings. The highest BCUT2D eigenvalue weighted by Crippen LogP contribution is 2.29. The van der Waals surface area contributed by atoms with E-state index in [9.17, 15) is 4.79 Å². The molecule has 0 aromatic heterocycles. The molecule has 2 rings (SSSR count). The monoisotopic (exact) mass is 196 g/mol. The topological polar surface area (TPSA) is 32.3 Å². The number of likely N-dealkylation sites (tertiary alicyclic amines) is 1. The first-order chi connectivity index (χ1) is 6.57. The Bertz CT molecular complexity index is 233. The van der Waals surface area contributed by atoms with Crippen LogP contribution in [0, 0.1) is 5.41 Å². The van der Waals surface area contributed by atoms with Crippen molar-refractivity contribution in [2.24, 2.45) is 5.41 Å². The van der Waals surface area contributed by atoms with Gasteiger partial charge in [-0.2, -0.15) is 0 Å². The Morgan fingerprint density at radius 2 is 2.14 bits per heavy atom. The summed E-state index contributed by atoms with van der Waals surface area (Å²) in [5.41, 5.74) is 0.316. The normalized spacial score (nSPS) is 26.0. The van der Waals surface area contributed by atoms with Gasteiger partial charge in [-0.3, -0.25) is 0 Å². The Kier molecular flexibility index (Phi) is 2.41. The highest BCUT2D eigenvalue weighted by Gasteiger charge is 2.33. The second-order valence-electron chi connectivity index (χ2n) is 5.41. The maximum absolute atomic E-state index is 11.8. The van der Waals surface area contributed by atoms with Crippen molar-refractivity contribution in [3.63, 3.8) is 0 Å². The fourth-order valence-electron chi connectivity index (χ4n) is 2.10. The molecule has 1 saturated carbocycles. The lowest BCUT2D eigenvalue weighted by molar-refractivity contribution is 0.191. The Morgan fingerprint density at radius 3 is 2.57 bits per heavy atom. The van der Waals surface area contributed by atoms with Crippen molar-refractivity contribution in [2.45, 2.75) is 45.6 Å². The van der Waals surface area contributed by atoms with Gasteiger partial charge in [-0.25, -0.2) is 4.79 Å². The van der Waals surface area contributed by atoms with Gasteiger partial charge in [-0.15, -0.1) is 0 Å². The molecular weight excluding hydrogens is 176 g/mol. The zero-order valence-corrected chi connectivity index (χ0v) is 9.18. The molecule has 1 N–H and O–H groups in total. The van der Waals surface area contributed by atoms with E-state index in [1.807, 2.05) is 4.90 Å². The number of hydrogen-bond donors (Lipinski definition) is 1. The molecule has 2 aliphatic rings. The fourth-order valence-corrected chi connectivity index (χ4v) is 2.10. The van der Waals surface area contributed by atoms with Gasteiger partial charge >= 0.3 is 6.03 Å². The van der Waals surface area contributed by atoms with Crippen LogP contribution in [0.2, 0.25) is 0 Å². The van der Waals surface area contributed by atoms with Crippen molar-refractivity contribution >= 4 is 6.03 Å². The van der Waals surface area contributed by atoms with E-state index in [0.717, 1.165) is 19.5 Å². The predicted molar refractivity (Wildman–Crippen MR) is 56.1 cm³/mol. The SMILES string of the molecule is CC1(C)CCN(C(=O)NC2CCC2)C1. The van der Waals surface area contributed by atoms with E-state index in [-0.39, 0.29) is 6.03 Å². The number of amides is 2. The lowest BCUT2D eigenvalue weighted by Crippen LogP contribution is -2.46. The Hall–Kier alpha value is -0.730. The maximum atomic E-state index is 11.8. The van der Waals surface area contributed by atoms with Crippen molar-refractivity contribution in [1.29, 1.82) is 0 Å². The molecule has 80 valence electrons.